The van der Waals surface area contributed by atoms with Crippen LogP contribution >= 0.6 is 0 Å². The van der Waals surface area contributed by atoms with Gasteiger partial charge in [-0.05, 0) is 12.1 Å². The Morgan fingerprint density at radius 3 is 2.78 bits per heavy atom. The third kappa shape index (κ3) is 3.72. The fourth-order valence-electron chi connectivity index (χ4n) is 2.14. The second-order valence-electron chi connectivity index (χ2n) is 4.82. The number of hydrogen-bond donors (Lipinski definition) is 2. The molecule has 7 nitrogen and oxygen atoms in total. The smallest absolute Gasteiger partial charge is 0.323 e. The van der Waals surface area contributed by atoms with Crippen molar-refractivity contribution in [1.29, 1.82) is 0 Å². The number of hydrogen-bond acceptors (Lipinski definition) is 4. The van der Waals surface area contributed by atoms with Gasteiger partial charge >= 0.3 is 5.97 Å². The zero-order valence-corrected chi connectivity index (χ0v) is 12.3. The molecule has 0 aliphatic heterocycles. The molecule has 0 fully saturated rings. The number of carboxylic acids is 1. The van der Waals surface area contributed by atoms with Crippen molar-refractivity contribution in [3.8, 4) is 0 Å². The topological polar surface area (TPSA) is 99.7 Å². The van der Waals surface area contributed by atoms with Crippen LogP contribution in [0.15, 0.2) is 29.1 Å². The van der Waals surface area contributed by atoms with Crippen LogP contribution in [-0.4, -0.2) is 53.7 Å². The predicted octanol–water partition coefficient (Wildman–Crippen LogP) is 0.840. The maximum absolute atomic E-state index is 13.8. The fraction of sp³-hybridized carbons (Fsp3) is 0.267. The van der Waals surface area contributed by atoms with Gasteiger partial charge in [0.2, 0.25) is 0 Å². The normalized spacial score (nSPS) is 10.7. The zero-order chi connectivity index (χ0) is 17.0. The maximum Gasteiger partial charge on any atom is 0.323 e. The van der Waals surface area contributed by atoms with Crippen LogP contribution in [0.25, 0.3) is 10.9 Å². The van der Waals surface area contributed by atoms with E-state index in [1.807, 2.05) is 0 Å². The first-order valence-electron chi connectivity index (χ1n) is 6.75. The van der Waals surface area contributed by atoms with Gasteiger partial charge in [-0.2, -0.15) is 0 Å². The monoisotopic (exact) mass is 322 g/mol. The van der Waals surface area contributed by atoms with Crippen LogP contribution in [0.1, 0.15) is 10.5 Å². The summed E-state index contributed by atoms with van der Waals surface area (Å²) in [5.74, 6) is -2.59. The highest BCUT2D eigenvalue weighted by Gasteiger charge is 2.20. The van der Waals surface area contributed by atoms with Crippen molar-refractivity contribution < 1.29 is 23.8 Å². The average Bonchev–Trinajstić information content (AvgIpc) is 2.51. The first kappa shape index (κ1) is 16.6. The number of amides is 1. The lowest BCUT2D eigenvalue weighted by Gasteiger charge is -2.20. The highest BCUT2D eigenvalue weighted by molar-refractivity contribution is 5.96. The number of H-pyrrole nitrogens is 1. The number of rotatable bonds is 6. The Morgan fingerprint density at radius 1 is 1.39 bits per heavy atom. The standard InChI is InChI=1S/C15H15FN2O5/c1-23-6-5-18(8-13(20)21)15(22)11-7-12(19)9-3-2-4-10(16)14(9)17-11/h2-4,7H,5-6,8H2,1H3,(H,17,19)(H,20,21). The summed E-state index contributed by atoms with van der Waals surface area (Å²) in [5, 5.41) is 9.00. The molecule has 0 spiro atoms. The number of nitrogens with one attached hydrogen (secondary N) is 1. The number of benzene rings is 1. The summed E-state index contributed by atoms with van der Waals surface area (Å²) in [6.07, 6.45) is 0. The van der Waals surface area contributed by atoms with Crippen molar-refractivity contribution in [2.45, 2.75) is 0 Å². The van der Waals surface area contributed by atoms with Gasteiger partial charge in [0.15, 0.2) is 5.43 Å². The van der Waals surface area contributed by atoms with Crippen molar-refractivity contribution in [1.82, 2.24) is 9.88 Å². The molecule has 23 heavy (non-hydrogen) atoms. The second kappa shape index (κ2) is 7.01. The van der Waals surface area contributed by atoms with Gasteiger partial charge in [-0.3, -0.25) is 14.4 Å². The van der Waals surface area contributed by atoms with Crippen LogP contribution in [0.2, 0.25) is 0 Å². The third-order valence-electron chi connectivity index (χ3n) is 3.22. The van der Waals surface area contributed by atoms with E-state index >= 15 is 0 Å². The SMILES string of the molecule is COCCN(CC(=O)O)C(=O)c1cc(=O)c2cccc(F)c2[nH]1. The number of aliphatic carboxylic acids is 1. The van der Waals surface area contributed by atoms with Crippen molar-refractivity contribution >= 4 is 22.8 Å². The van der Waals surface area contributed by atoms with E-state index in [0.717, 1.165) is 17.0 Å². The first-order valence-corrected chi connectivity index (χ1v) is 6.75. The van der Waals surface area contributed by atoms with E-state index in [0.29, 0.717) is 0 Å². The third-order valence-corrected chi connectivity index (χ3v) is 3.22. The van der Waals surface area contributed by atoms with E-state index in [1.165, 1.54) is 19.2 Å². The van der Waals surface area contributed by atoms with Gasteiger partial charge in [-0.25, -0.2) is 4.39 Å². The summed E-state index contributed by atoms with van der Waals surface area (Å²) in [5.41, 5.74) is -0.793. The molecule has 1 amide bonds. The molecule has 1 aromatic carbocycles. The van der Waals surface area contributed by atoms with Crippen LogP contribution in [0.3, 0.4) is 0 Å². The Kier molecular flexibility index (Phi) is 5.07. The predicted molar refractivity (Wildman–Crippen MR) is 79.9 cm³/mol. The van der Waals surface area contributed by atoms with Gasteiger partial charge < -0.3 is 19.7 Å². The Morgan fingerprint density at radius 2 is 2.13 bits per heavy atom. The average molecular weight is 322 g/mol. The summed E-state index contributed by atoms with van der Waals surface area (Å²) < 4.78 is 18.6. The molecule has 2 rings (SSSR count). The van der Waals surface area contributed by atoms with Gasteiger partial charge in [0.1, 0.15) is 18.1 Å². The molecule has 0 saturated heterocycles. The summed E-state index contributed by atoms with van der Waals surface area (Å²) in [6.45, 7) is -0.399. The zero-order valence-electron chi connectivity index (χ0n) is 12.3. The lowest BCUT2D eigenvalue weighted by atomic mass is 10.1. The Labute approximate surface area is 130 Å². The molecule has 0 unspecified atom stereocenters. The maximum atomic E-state index is 13.8. The van der Waals surface area contributed by atoms with E-state index in [2.05, 4.69) is 4.98 Å². The number of halogens is 1. The number of fused-ring (bicyclic) bond motifs is 1. The molecule has 0 radical (unpaired) electrons. The molecule has 1 heterocycles. The number of pyridine rings is 1. The van der Waals surface area contributed by atoms with E-state index in [-0.39, 0.29) is 29.7 Å². The fourth-order valence-corrected chi connectivity index (χ4v) is 2.14. The molecule has 122 valence electrons. The van der Waals surface area contributed by atoms with Crippen molar-refractivity contribution in [3.63, 3.8) is 0 Å². The minimum atomic E-state index is -1.20. The molecule has 0 bridgehead atoms. The van der Waals surface area contributed by atoms with Gasteiger partial charge in [-0.1, -0.05) is 6.07 Å². The molecular weight excluding hydrogens is 307 g/mol. The minimum absolute atomic E-state index is 0.0268. The number of aromatic amines is 1. The number of ether oxygens (including phenoxy) is 1. The van der Waals surface area contributed by atoms with Gasteiger partial charge in [-0.15, -0.1) is 0 Å². The Balaban J connectivity index is 2.44. The van der Waals surface area contributed by atoms with Crippen LogP contribution < -0.4 is 5.43 Å². The molecule has 1 aromatic heterocycles. The van der Waals surface area contributed by atoms with Crippen molar-refractivity contribution in [2.75, 3.05) is 26.8 Å². The van der Waals surface area contributed by atoms with Crippen LogP contribution in [0.5, 0.6) is 0 Å². The second-order valence-corrected chi connectivity index (χ2v) is 4.82. The highest BCUT2D eigenvalue weighted by atomic mass is 19.1. The quantitative estimate of drug-likeness (QED) is 0.821. The van der Waals surface area contributed by atoms with E-state index in [9.17, 15) is 18.8 Å². The molecule has 8 heteroatoms. The number of nitrogens with zero attached hydrogens (tertiary/aromatic N) is 1. The molecule has 2 aromatic rings. The molecule has 0 atom stereocenters. The Bertz CT molecular complexity index is 802. The van der Waals surface area contributed by atoms with Crippen LogP contribution in [-0.2, 0) is 9.53 Å². The number of para-hydroxylation sites is 1. The van der Waals surface area contributed by atoms with Crippen LogP contribution in [0, 0.1) is 5.82 Å². The van der Waals surface area contributed by atoms with E-state index in [4.69, 9.17) is 9.84 Å². The van der Waals surface area contributed by atoms with Crippen molar-refractivity contribution in [3.05, 3.63) is 46.0 Å². The number of carboxylic acid groups (broad SMARTS) is 1. The summed E-state index contributed by atoms with van der Waals surface area (Å²) in [7, 11) is 1.41. The molecular formula is C15H15FN2O5. The van der Waals surface area contributed by atoms with Crippen molar-refractivity contribution in [2.24, 2.45) is 0 Å². The highest BCUT2D eigenvalue weighted by Crippen LogP contribution is 2.13. The molecule has 0 aliphatic rings. The van der Waals surface area contributed by atoms with Gasteiger partial charge in [0.25, 0.3) is 5.91 Å². The summed E-state index contributed by atoms with van der Waals surface area (Å²) in [6, 6.07) is 5.02. The van der Waals surface area contributed by atoms with E-state index in [1.54, 1.807) is 0 Å². The lowest BCUT2D eigenvalue weighted by molar-refractivity contribution is -0.137. The number of aromatic nitrogens is 1. The Hall–Kier alpha value is -2.74. The van der Waals surface area contributed by atoms with Gasteiger partial charge in [0, 0.05) is 25.1 Å². The molecule has 0 aliphatic carbocycles. The lowest BCUT2D eigenvalue weighted by Crippen LogP contribution is -2.38. The largest absolute Gasteiger partial charge is 0.480 e. The number of methoxy groups -OCH3 is 1. The van der Waals surface area contributed by atoms with Gasteiger partial charge in [0.05, 0.1) is 12.1 Å². The minimum Gasteiger partial charge on any atom is -0.480 e. The number of carbonyl (C=O) groups is 2. The number of carbonyl (C=O) groups excluding carboxylic acids is 1. The first-order chi connectivity index (χ1) is 10.9. The molecule has 2 N–H and O–H groups in total. The van der Waals surface area contributed by atoms with E-state index < -0.39 is 29.7 Å². The van der Waals surface area contributed by atoms with Crippen LogP contribution in [0.4, 0.5) is 4.39 Å². The summed E-state index contributed by atoms with van der Waals surface area (Å²) >= 11 is 0. The summed E-state index contributed by atoms with van der Waals surface area (Å²) in [4.78, 5) is 38.9. The molecule has 0 saturated carbocycles.